The van der Waals surface area contributed by atoms with Crippen molar-refractivity contribution < 1.29 is 29.0 Å². The fourth-order valence-electron chi connectivity index (χ4n) is 4.36. The lowest BCUT2D eigenvalue weighted by Gasteiger charge is -2.18. The zero-order valence-corrected chi connectivity index (χ0v) is 20.1. The monoisotopic (exact) mass is 482 g/mol. The molecule has 188 valence electrons. The SMILES string of the molecule is CCOC(CNC(=O)OCC1c2ccccc2-c2ccccc21)CC(=O)NCCCCCC(=O)O. The largest absolute Gasteiger partial charge is 0.481 e. The van der Waals surface area contributed by atoms with Gasteiger partial charge in [0.1, 0.15) is 6.61 Å². The summed E-state index contributed by atoms with van der Waals surface area (Å²) in [5.74, 6) is -0.995. The molecule has 1 atom stereocenters. The summed E-state index contributed by atoms with van der Waals surface area (Å²) in [4.78, 5) is 35.1. The standard InChI is InChI=1S/C27H34N2O6/c1-2-34-19(16-25(30)28-15-9-3-4-14-26(31)32)17-29-27(33)35-18-24-22-12-7-5-10-20(22)21-11-6-8-13-23(21)24/h5-8,10-13,19,24H,2-4,9,14-18H2,1H3,(H,28,30)(H,29,33)(H,31,32). The molecule has 0 fully saturated rings. The molecular formula is C27H34N2O6. The van der Waals surface area contributed by atoms with Crippen LogP contribution in [0.25, 0.3) is 11.1 Å². The minimum atomic E-state index is -0.808. The van der Waals surface area contributed by atoms with Crippen molar-refractivity contribution >= 4 is 18.0 Å². The van der Waals surface area contributed by atoms with E-state index in [0.717, 1.165) is 24.0 Å². The summed E-state index contributed by atoms with van der Waals surface area (Å²) >= 11 is 0. The number of amides is 2. The van der Waals surface area contributed by atoms with E-state index in [9.17, 15) is 14.4 Å². The van der Waals surface area contributed by atoms with Gasteiger partial charge in [-0.2, -0.15) is 0 Å². The lowest BCUT2D eigenvalue weighted by Crippen LogP contribution is -2.38. The van der Waals surface area contributed by atoms with E-state index in [4.69, 9.17) is 14.6 Å². The summed E-state index contributed by atoms with van der Waals surface area (Å²) in [5, 5.41) is 14.2. The Morgan fingerprint density at radius 3 is 2.23 bits per heavy atom. The molecule has 0 saturated carbocycles. The molecule has 2 aromatic carbocycles. The highest BCUT2D eigenvalue weighted by Crippen LogP contribution is 2.44. The first-order chi connectivity index (χ1) is 17.0. The van der Waals surface area contributed by atoms with Gasteiger partial charge >= 0.3 is 12.1 Å². The van der Waals surface area contributed by atoms with Crippen LogP contribution in [-0.2, 0) is 19.1 Å². The van der Waals surface area contributed by atoms with Crippen LogP contribution in [0.15, 0.2) is 48.5 Å². The van der Waals surface area contributed by atoms with E-state index in [-0.39, 0.29) is 37.8 Å². The molecule has 2 amide bonds. The van der Waals surface area contributed by atoms with Crippen LogP contribution in [0.5, 0.6) is 0 Å². The van der Waals surface area contributed by atoms with Gasteiger partial charge in [0.15, 0.2) is 0 Å². The van der Waals surface area contributed by atoms with Crippen LogP contribution in [-0.4, -0.2) is 55.5 Å². The van der Waals surface area contributed by atoms with Gasteiger partial charge in [0, 0.05) is 32.0 Å². The number of rotatable bonds is 14. The highest BCUT2D eigenvalue weighted by atomic mass is 16.5. The van der Waals surface area contributed by atoms with Crippen molar-refractivity contribution in [1.82, 2.24) is 10.6 Å². The van der Waals surface area contributed by atoms with Crippen molar-refractivity contribution in [3.8, 4) is 11.1 Å². The number of nitrogens with one attached hydrogen (secondary N) is 2. The molecule has 35 heavy (non-hydrogen) atoms. The number of carbonyl (C=O) groups excluding carboxylic acids is 2. The number of unbranched alkanes of at least 4 members (excludes halogenated alkanes) is 2. The molecule has 1 aliphatic rings. The lowest BCUT2D eigenvalue weighted by atomic mass is 9.98. The first-order valence-corrected chi connectivity index (χ1v) is 12.2. The number of aliphatic carboxylic acids is 1. The van der Waals surface area contributed by atoms with Gasteiger partial charge < -0.3 is 25.2 Å². The molecule has 3 rings (SSSR count). The van der Waals surface area contributed by atoms with Gasteiger partial charge in [0.05, 0.1) is 12.5 Å². The zero-order chi connectivity index (χ0) is 25.0. The van der Waals surface area contributed by atoms with Crippen molar-refractivity contribution in [1.29, 1.82) is 0 Å². The number of hydrogen-bond donors (Lipinski definition) is 3. The Morgan fingerprint density at radius 1 is 0.943 bits per heavy atom. The smallest absolute Gasteiger partial charge is 0.407 e. The van der Waals surface area contributed by atoms with E-state index in [2.05, 4.69) is 34.9 Å². The van der Waals surface area contributed by atoms with Crippen LogP contribution in [0.1, 0.15) is 56.1 Å². The Kier molecular flexibility index (Phi) is 10.1. The molecule has 3 N–H and O–H groups in total. The molecule has 0 aliphatic heterocycles. The fraction of sp³-hybridized carbons (Fsp3) is 0.444. The van der Waals surface area contributed by atoms with Crippen LogP contribution in [0, 0.1) is 0 Å². The molecule has 0 spiro atoms. The number of carboxylic acid groups (broad SMARTS) is 1. The van der Waals surface area contributed by atoms with Gasteiger partial charge in [-0.25, -0.2) is 4.79 Å². The number of alkyl carbamates (subject to hydrolysis) is 1. The van der Waals surface area contributed by atoms with Gasteiger partial charge in [0.25, 0.3) is 0 Å². The quantitative estimate of drug-likeness (QED) is 0.350. The Bertz CT molecular complexity index is 963. The molecule has 0 aromatic heterocycles. The van der Waals surface area contributed by atoms with Crippen LogP contribution >= 0.6 is 0 Å². The van der Waals surface area contributed by atoms with Crippen LogP contribution < -0.4 is 10.6 Å². The fourth-order valence-corrected chi connectivity index (χ4v) is 4.36. The predicted octanol–water partition coefficient (Wildman–Crippen LogP) is 4.08. The van der Waals surface area contributed by atoms with Crippen LogP contribution in [0.4, 0.5) is 4.79 Å². The van der Waals surface area contributed by atoms with Crippen LogP contribution in [0.2, 0.25) is 0 Å². The first-order valence-electron chi connectivity index (χ1n) is 12.2. The summed E-state index contributed by atoms with van der Waals surface area (Å²) in [7, 11) is 0. The van der Waals surface area contributed by atoms with Crippen molar-refractivity contribution in [2.24, 2.45) is 0 Å². The second-order valence-corrected chi connectivity index (χ2v) is 8.54. The minimum Gasteiger partial charge on any atom is -0.481 e. The molecule has 1 aliphatic carbocycles. The van der Waals surface area contributed by atoms with Crippen molar-refractivity contribution in [3.63, 3.8) is 0 Å². The highest BCUT2D eigenvalue weighted by molar-refractivity contribution is 5.79. The minimum absolute atomic E-state index is 0.0166. The Labute approximate surface area is 206 Å². The maximum Gasteiger partial charge on any atom is 0.407 e. The van der Waals surface area contributed by atoms with Crippen molar-refractivity contribution in [3.05, 3.63) is 59.7 Å². The summed E-state index contributed by atoms with van der Waals surface area (Å²) in [5.41, 5.74) is 4.63. The summed E-state index contributed by atoms with van der Waals surface area (Å²) in [6.07, 6.45) is 1.30. The van der Waals surface area contributed by atoms with E-state index in [0.29, 0.717) is 19.6 Å². The Morgan fingerprint density at radius 2 is 1.60 bits per heavy atom. The van der Waals surface area contributed by atoms with E-state index >= 15 is 0 Å². The van der Waals surface area contributed by atoms with Gasteiger partial charge in [-0.05, 0) is 42.0 Å². The second-order valence-electron chi connectivity index (χ2n) is 8.54. The molecule has 0 bridgehead atoms. The molecule has 2 aromatic rings. The number of fused-ring (bicyclic) bond motifs is 3. The number of benzene rings is 2. The molecule has 8 heteroatoms. The van der Waals surface area contributed by atoms with E-state index in [1.54, 1.807) is 0 Å². The second kappa shape index (κ2) is 13.5. The normalized spacial score (nSPS) is 12.9. The van der Waals surface area contributed by atoms with Gasteiger partial charge in [0.2, 0.25) is 5.91 Å². The maximum atomic E-state index is 12.4. The molecule has 0 heterocycles. The summed E-state index contributed by atoms with van der Waals surface area (Å²) < 4.78 is 11.2. The molecule has 1 unspecified atom stereocenters. The first kappa shape index (κ1) is 26.2. The third kappa shape index (κ3) is 7.82. The number of ether oxygens (including phenoxy) is 2. The molecule has 0 saturated heterocycles. The van der Waals surface area contributed by atoms with E-state index in [1.807, 2.05) is 31.2 Å². The van der Waals surface area contributed by atoms with Gasteiger partial charge in [-0.15, -0.1) is 0 Å². The Balaban J connectivity index is 1.41. The third-order valence-corrected chi connectivity index (χ3v) is 6.02. The molecule has 8 nitrogen and oxygen atoms in total. The van der Waals surface area contributed by atoms with Gasteiger partial charge in [-0.1, -0.05) is 55.0 Å². The van der Waals surface area contributed by atoms with E-state index < -0.39 is 18.2 Å². The number of carbonyl (C=O) groups is 3. The number of hydrogen-bond acceptors (Lipinski definition) is 5. The molecular weight excluding hydrogens is 448 g/mol. The van der Waals surface area contributed by atoms with E-state index in [1.165, 1.54) is 11.1 Å². The summed E-state index contributed by atoms with van der Waals surface area (Å²) in [6, 6.07) is 16.3. The van der Waals surface area contributed by atoms with Crippen LogP contribution in [0.3, 0.4) is 0 Å². The van der Waals surface area contributed by atoms with Gasteiger partial charge in [-0.3, -0.25) is 9.59 Å². The third-order valence-electron chi connectivity index (χ3n) is 6.02. The van der Waals surface area contributed by atoms with Crippen molar-refractivity contribution in [2.45, 2.75) is 51.0 Å². The Hall–Kier alpha value is -3.39. The molecule has 0 radical (unpaired) electrons. The average Bonchev–Trinajstić information content (AvgIpc) is 3.17. The van der Waals surface area contributed by atoms with Crippen molar-refractivity contribution in [2.75, 3.05) is 26.3 Å². The average molecular weight is 483 g/mol. The maximum absolute atomic E-state index is 12.4. The lowest BCUT2D eigenvalue weighted by molar-refractivity contribution is -0.137. The topological polar surface area (TPSA) is 114 Å². The zero-order valence-electron chi connectivity index (χ0n) is 20.1. The number of carboxylic acids is 1. The predicted molar refractivity (Wildman–Crippen MR) is 132 cm³/mol. The summed E-state index contributed by atoms with van der Waals surface area (Å²) in [6.45, 7) is 3.12. The highest BCUT2D eigenvalue weighted by Gasteiger charge is 2.29.